The zero-order valence-corrected chi connectivity index (χ0v) is 8.84. The van der Waals surface area contributed by atoms with E-state index in [9.17, 15) is 0 Å². The Morgan fingerprint density at radius 2 is 2.00 bits per heavy atom. The molecule has 1 atom stereocenters. The molecule has 0 aromatic carbocycles. The summed E-state index contributed by atoms with van der Waals surface area (Å²) in [5, 5.41) is 0. The number of nitrogens with two attached hydrogens (primary N) is 1. The SMILES string of the molecule is CC1CCCN1CCN.CCC. The molecule has 0 bridgehead atoms. The molecule has 1 unspecified atom stereocenters. The van der Waals surface area contributed by atoms with Crippen LogP contribution in [0.15, 0.2) is 0 Å². The van der Waals surface area contributed by atoms with E-state index in [1.54, 1.807) is 0 Å². The van der Waals surface area contributed by atoms with Gasteiger partial charge in [-0.05, 0) is 26.3 Å². The minimum Gasteiger partial charge on any atom is -0.329 e. The monoisotopic (exact) mass is 172 g/mol. The van der Waals surface area contributed by atoms with Crippen LogP contribution in [0.4, 0.5) is 0 Å². The Morgan fingerprint density at radius 1 is 1.42 bits per heavy atom. The first-order chi connectivity index (χ1) is 5.76. The Labute approximate surface area is 77.1 Å². The molecule has 1 saturated heterocycles. The van der Waals surface area contributed by atoms with E-state index in [0.717, 1.165) is 19.1 Å². The van der Waals surface area contributed by atoms with Crippen LogP contribution in [0.25, 0.3) is 0 Å². The Bertz CT molecular complexity index is 93.8. The van der Waals surface area contributed by atoms with Gasteiger partial charge in [-0.25, -0.2) is 0 Å². The van der Waals surface area contributed by atoms with Crippen LogP contribution in [0.3, 0.4) is 0 Å². The number of rotatable bonds is 2. The van der Waals surface area contributed by atoms with Gasteiger partial charge in [0.1, 0.15) is 0 Å². The number of hydrogen-bond acceptors (Lipinski definition) is 2. The smallest absolute Gasteiger partial charge is 0.0107 e. The van der Waals surface area contributed by atoms with Gasteiger partial charge in [0.05, 0.1) is 0 Å². The molecule has 2 N–H and O–H groups in total. The standard InChI is InChI=1S/C7H16N2.C3H8/c1-7-3-2-5-9(7)6-4-8;1-3-2/h7H,2-6,8H2,1H3;3H2,1-2H3. The molecule has 1 heterocycles. The van der Waals surface area contributed by atoms with Crippen LogP contribution < -0.4 is 5.73 Å². The third-order valence-corrected chi connectivity index (χ3v) is 2.11. The van der Waals surface area contributed by atoms with Gasteiger partial charge in [-0.3, -0.25) is 4.90 Å². The summed E-state index contributed by atoms with van der Waals surface area (Å²) in [5.74, 6) is 0. The van der Waals surface area contributed by atoms with E-state index in [1.807, 2.05) is 0 Å². The maximum atomic E-state index is 5.43. The summed E-state index contributed by atoms with van der Waals surface area (Å²) in [4.78, 5) is 2.46. The molecule has 74 valence electrons. The van der Waals surface area contributed by atoms with E-state index in [1.165, 1.54) is 25.8 Å². The van der Waals surface area contributed by atoms with E-state index in [2.05, 4.69) is 25.7 Å². The van der Waals surface area contributed by atoms with Crippen LogP contribution in [0.5, 0.6) is 0 Å². The Hall–Kier alpha value is -0.0800. The van der Waals surface area contributed by atoms with Crippen molar-refractivity contribution in [2.75, 3.05) is 19.6 Å². The van der Waals surface area contributed by atoms with E-state index < -0.39 is 0 Å². The number of nitrogens with zero attached hydrogens (tertiary/aromatic N) is 1. The first-order valence-electron chi connectivity index (χ1n) is 5.20. The van der Waals surface area contributed by atoms with Crippen molar-refractivity contribution in [3.63, 3.8) is 0 Å². The molecule has 0 aliphatic carbocycles. The molecule has 2 heteroatoms. The first-order valence-corrected chi connectivity index (χ1v) is 5.20. The summed E-state index contributed by atoms with van der Waals surface area (Å²) in [6, 6.07) is 0.786. The fraction of sp³-hybridized carbons (Fsp3) is 1.00. The topological polar surface area (TPSA) is 29.3 Å². The first kappa shape index (κ1) is 11.9. The molecule has 0 spiro atoms. The van der Waals surface area contributed by atoms with Crippen LogP contribution in [0.1, 0.15) is 40.0 Å². The molecule has 0 aromatic rings. The van der Waals surface area contributed by atoms with Crippen molar-refractivity contribution in [1.29, 1.82) is 0 Å². The average Bonchev–Trinajstić information content (AvgIpc) is 2.39. The van der Waals surface area contributed by atoms with Crippen LogP contribution >= 0.6 is 0 Å². The normalized spacial score (nSPS) is 23.5. The van der Waals surface area contributed by atoms with Gasteiger partial charge in [0.25, 0.3) is 0 Å². The van der Waals surface area contributed by atoms with Gasteiger partial charge in [-0.15, -0.1) is 0 Å². The zero-order valence-electron chi connectivity index (χ0n) is 8.84. The van der Waals surface area contributed by atoms with Crippen molar-refractivity contribution in [2.24, 2.45) is 5.73 Å². The van der Waals surface area contributed by atoms with Crippen LogP contribution in [-0.2, 0) is 0 Å². The van der Waals surface area contributed by atoms with E-state index in [-0.39, 0.29) is 0 Å². The molecule has 1 rings (SSSR count). The fourth-order valence-electron chi connectivity index (χ4n) is 1.49. The van der Waals surface area contributed by atoms with Gasteiger partial charge >= 0.3 is 0 Å². The Morgan fingerprint density at radius 3 is 2.33 bits per heavy atom. The predicted octanol–water partition coefficient (Wildman–Crippen LogP) is 1.85. The summed E-state index contributed by atoms with van der Waals surface area (Å²) in [7, 11) is 0. The van der Waals surface area contributed by atoms with Crippen molar-refractivity contribution in [1.82, 2.24) is 4.90 Å². The molecule has 0 radical (unpaired) electrons. The second kappa shape index (κ2) is 7.56. The maximum absolute atomic E-state index is 5.43. The molecule has 1 aliphatic heterocycles. The lowest BCUT2D eigenvalue weighted by Crippen LogP contribution is -2.31. The number of hydrogen-bond donors (Lipinski definition) is 1. The molecule has 1 aliphatic rings. The van der Waals surface area contributed by atoms with Gasteiger partial charge in [0, 0.05) is 19.1 Å². The fourth-order valence-corrected chi connectivity index (χ4v) is 1.49. The Kier molecular flexibility index (Phi) is 7.51. The zero-order chi connectivity index (χ0) is 9.40. The summed E-state index contributed by atoms with van der Waals surface area (Å²) in [6.07, 6.45) is 3.97. The highest BCUT2D eigenvalue weighted by Crippen LogP contribution is 2.14. The van der Waals surface area contributed by atoms with Crippen molar-refractivity contribution < 1.29 is 0 Å². The highest BCUT2D eigenvalue weighted by molar-refractivity contribution is 4.74. The molecular weight excluding hydrogens is 148 g/mol. The lowest BCUT2D eigenvalue weighted by atomic mass is 10.2. The largest absolute Gasteiger partial charge is 0.329 e. The Balaban J connectivity index is 0.000000354. The molecular formula is C10H24N2. The molecule has 2 nitrogen and oxygen atoms in total. The summed E-state index contributed by atoms with van der Waals surface area (Å²) >= 11 is 0. The lowest BCUT2D eigenvalue weighted by molar-refractivity contribution is 0.276. The van der Waals surface area contributed by atoms with Gasteiger partial charge in [-0.1, -0.05) is 20.3 Å². The lowest BCUT2D eigenvalue weighted by Gasteiger charge is -2.19. The van der Waals surface area contributed by atoms with Crippen molar-refractivity contribution >= 4 is 0 Å². The third kappa shape index (κ3) is 4.73. The molecule has 0 amide bonds. The molecule has 1 fully saturated rings. The summed E-state index contributed by atoms with van der Waals surface area (Å²) in [6.45, 7) is 9.69. The maximum Gasteiger partial charge on any atom is 0.0107 e. The predicted molar refractivity (Wildman–Crippen MR) is 55.3 cm³/mol. The quantitative estimate of drug-likeness (QED) is 0.688. The second-order valence-electron chi connectivity index (χ2n) is 3.52. The van der Waals surface area contributed by atoms with Crippen molar-refractivity contribution in [3.05, 3.63) is 0 Å². The van der Waals surface area contributed by atoms with Gasteiger partial charge in [0.2, 0.25) is 0 Å². The summed E-state index contributed by atoms with van der Waals surface area (Å²) < 4.78 is 0. The van der Waals surface area contributed by atoms with Crippen molar-refractivity contribution in [2.45, 2.75) is 46.1 Å². The van der Waals surface area contributed by atoms with Gasteiger partial charge < -0.3 is 5.73 Å². The molecule has 0 aromatic heterocycles. The van der Waals surface area contributed by atoms with Crippen molar-refractivity contribution in [3.8, 4) is 0 Å². The second-order valence-corrected chi connectivity index (χ2v) is 3.52. The molecule has 12 heavy (non-hydrogen) atoms. The third-order valence-electron chi connectivity index (χ3n) is 2.11. The minimum atomic E-state index is 0.786. The molecule has 0 saturated carbocycles. The van der Waals surface area contributed by atoms with Gasteiger partial charge in [-0.2, -0.15) is 0 Å². The van der Waals surface area contributed by atoms with Gasteiger partial charge in [0.15, 0.2) is 0 Å². The average molecular weight is 172 g/mol. The van der Waals surface area contributed by atoms with Crippen LogP contribution in [0, 0.1) is 0 Å². The van der Waals surface area contributed by atoms with E-state index >= 15 is 0 Å². The van der Waals surface area contributed by atoms with E-state index in [0.29, 0.717) is 0 Å². The van der Waals surface area contributed by atoms with Crippen LogP contribution in [0.2, 0.25) is 0 Å². The highest BCUT2D eigenvalue weighted by Gasteiger charge is 2.18. The highest BCUT2D eigenvalue weighted by atomic mass is 15.2. The minimum absolute atomic E-state index is 0.786. The van der Waals surface area contributed by atoms with E-state index in [4.69, 9.17) is 5.73 Å². The van der Waals surface area contributed by atoms with Crippen LogP contribution in [-0.4, -0.2) is 30.6 Å². The number of likely N-dealkylation sites (tertiary alicyclic amines) is 1. The summed E-state index contributed by atoms with van der Waals surface area (Å²) in [5.41, 5.74) is 5.43.